The van der Waals surface area contributed by atoms with E-state index in [1.54, 1.807) is 30.3 Å². The van der Waals surface area contributed by atoms with E-state index in [0.29, 0.717) is 4.60 Å². The zero-order valence-corrected chi connectivity index (χ0v) is 12.0. The largest absolute Gasteiger partial charge is 0.312 e. The number of nitrogens with zero attached hydrogens (tertiary/aromatic N) is 4. The Labute approximate surface area is 114 Å². The highest BCUT2D eigenvalue weighted by Gasteiger charge is 2.14. The summed E-state index contributed by atoms with van der Waals surface area (Å²) in [4.78, 5) is 17.0. The first-order chi connectivity index (χ1) is 8.49. The first-order valence-corrected chi connectivity index (χ1v) is 6.20. The van der Waals surface area contributed by atoms with Crippen LogP contribution in [0.1, 0.15) is 12.5 Å². The molecule has 0 radical (unpaired) electrons. The van der Waals surface area contributed by atoms with E-state index in [0.717, 1.165) is 16.9 Å². The molecule has 0 aliphatic carbocycles. The summed E-state index contributed by atoms with van der Waals surface area (Å²) in [5.41, 5.74) is 2.64. The fraction of sp³-hybridized carbons (Fsp3) is 0.250. The summed E-state index contributed by atoms with van der Waals surface area (Å²) in [6.07, 6.45) is 5.30. The molecule has 0 aromatic carbocycles. The van der Waals surface area contributed by atoms with E-state index in [9.17, 15) is 4.79 Å². The van der Waals surface area contributed by atoms with Crippen molar-refractivity contribution >= 4 is 27.5 Å². The lowest BCUT2D eigenvalue weighted by Crippen LogP contribution is -2.22. The maximum atomic E-state index is 11.4. The molecule has 0 unspecified atom stereocenters. The topological polar surface area (TPSA) is 51.0 Å². The van der Waals surface area contributed by atoms with E-state index in [4.69, 9.17) is 0 Å². The molecule has 2 rings (SSSR count). The van der Waals surface area contributed by atoms with Gasteiger partial charge >= 0.3 is 0 Å². The Morgan fingerprint density at radius 3 is 2.78 bits per heavy atom. The molecule has 0 aliphatic rings. The highest BCUT2D eigenvalue weighted by molar-refractivity contribution is 9.10. The molecule has 0 bridgehead atoms. The van der Waals surface area contributed by atoms with Crippen LogP contribution in [0.4, 0.5) is 5.69 Å². The summed E-state index contributed by atoms with van der Waals surface area (Å²) in [7, 11) is 1.71. The maximum absolute atomic E-state index is 11.4. The molecule has 2 heterocycles. The molecule has 18 heavy (non-hydrogen) atoms. The number of carbonyl (C=O) groups is 1. The van der Waals surface area contributed by atoms with Crippen molar-refractivity contribution in [3.05, 3.63) is 34.8 Å². The molecule has 0 aliphatic heterocycles. The van der Waals surface area contributed by atoms with Crippen molar-refractivity contribution in [2.75, 3.05) is 11.9 Å². The van der Waals surface area contributed by atoms with Gasteiger partial charge < -0.3 is 4.90 Å². The Morgan fingerprint density at radius 2 is 2.17 bits per heavy atom. The third-order valence-corrected chi connectivity index (χ3v) is 3.18. The fourth-order valence-electron chi connectivity index (χ4n) is 1.53. The second kappa shape index (κ2) is 4.89. The summed E-state index contributed by atoms with van der Waals surface area (Å²) < 4.78 is 2.32. The second-order valence-electron chi connectivity index (χ2n) is 4.05. The number of pyridine rings is 1. The molecule has 0 saturated heterocycles. The van der Waals surface area contributed by atoms with Gasteiger partial charge in [0.1, 0.15) is 0 Å². The van der Waals surface area contributed by atoms with Crippen LogP contribution in [0.2, 0.25) is 0 Å². The molecule has 0 fully saturated rings. The average molecular weight is 309 g/mol. The van der Waals surface area contributed by atoms with Crippen LogP contribution in [-0.4, -0.2) is 27.7 Å². The molecule has 6 heteroatoms. The Kier molecular flexibility index (Phi) is 3.47. The van der Waals surface area contributed by atoms with Gasteiger partial charge in [-0.05, 0) is 34.5 Å². The first kappa shape index (κ1) is 12.8. The van der Waals surface area contributed by atoms with Crippen LogP contribution in [0, 0.1) is 6.92 Å². The van der Waals surface area contributed by atoms with E-state index in [1.807, 2.05) is 13.0 Å². The molecule has 0 spiro atoms. The highest BCUT2D eigenvalue weighted by Crippen LogP contribution is 2.25. The molecule has 0 saturated carbocycles. The van der Waals surface area contributed by atoms with Gasteiger partial charge in [0.2, 0.25) is 5.91 Å². The molecule has 94 valence electrons. The van der Waals surface area contributed by atoms with Gasteiger partial charge in [-0.15, -0.1) is 0 Å². The molecular formula is C12H13BrN4O. The quantitative estimate of drug-likeness (QED) is 0.855. The predicted octanol–water partition coefficient (Wildman–Crippen LogP) is 2.32. The van der Waals surface area contributed by atoms with Crippen LogP contribution in [-0.2, 0) is 4.79 Å². The highest BCUT2D eigenvalue weighted by atomic mass is 79.9. The van der Waals surface area contributed by atoms with Gasteiger partial charge in [-0.25, -0.2) is 4.68 Å². The molecular weight excluding hydrogens is 296 g/mol. The number of aromatic nitrogens is 3. The van der Waals surface area contributed by atoms with E-state index >= 15 is 0 Å². The third-order valence-electron chi connectivity index (χ3n) is 2.61. The summed E-state index contributed by atoms with van der Waals surface area (Å²) in [6.45, 7) is 3.48. The van der Waals surface area contributed by atoms with Crippen molar-refractivity contribution in [3.63, 3.8) is 0 Å². The van der Waals surface area contributed by atoms with E-state index in [1.165, 1.54) is 11.8 Å². The van der Waals surface area contributed by atoms with Crippen molar-refractivity contribution in [2.24, 2.45) is 0 Å². The minimum Gasteiger partial charge on any atom is -0.312 e. The average Bonchev–Trinajstić information content (AvgIpc) is 2.70. The Morgan fingerprint density at radius 1 is 1.44 bits per heavy atom. The minimum absolute atomic E-state index is 0.0439. The van der Waals surface area contributed by atoms with Crippen LogP contribution >= 0.6 is 15.9 Å². The van der Waals surface area contributed by atoms with Gasteiger partial charge in [0, 0.05) is 20.2 Å². The molecule has 1 amide bonds. The summed E-state index contributed by atoms with van der Waals surface area (Å²) in [5, 5.41) is 4.32. The molecule has 2 aromatic rings. The van der Waals surface area contributed by atoms with Crippen LogP contribution in [0.3, 0.4) is 0 Å². The zero-order chi connectivity index (χ0) is 13.3. The van der Waals surface area contributed by atoms with Gasteiger partial charge in [0.25, 0.3) is 0 Å². The maximum Gasteiger partial charge on any atom is 0.223 e. The van der Waals surface area contributed by atoms with Crippen molar-refractivity contribution < 1.29 is 4.79 Å². The Balaban J connectivity index is 2.43. The fourth-order valence-corrected chi connectivity index (χ4v) is 2.07. The van der Waals surface area contributed by atoms with Crippen molar-refractivity contribution in [1.29, 1.82) is 0 Å². The van der Waals surface area contributed by atoms with Crippen LogP contribution in [0.15, 0.2) is 29.3 Å². The second-order valence-corrected chi connectivity index (χ2v) is 4.80. The number of hydrogen-bond acceptors (Lipinski definition) is 3. The zero-order valence-electron chi connectivity index (χ0n) is 10.4. The number of aryl methyl sites for hydroxylation is 1. The SMILES string of the molecule is CC(=O)N(C)c1cn(-c2cncc(C)c2)nc1Br. The van der Waals surface area contributed by atoms with Gasteiger partial charge in [0.05, 0.1) is 23.8 Å². The third kappa shape index (κ3) is 2.43. The minimum atomic E-state index is -0.0439. The number of amides is 1. The number of halogens is 1. The monoisotopic (exact) mass is 308 g/mol. The van der Waals surface area contributed by atoms with Crippen molar-refractivity contribution in [3.8, 4) is 5.69 Å². The van der Waals surface area contributed by atoms with Crippen LogP contribution < -0.4 is 4.90 Å². The molecule has 0 N–H and O–H groups in total. The number of hydrogen-bond donors (Lipinski definition) is 0. The first-order valence-electron chi connectivity index (χ1n) is 5.40. The smallest absolute Gasteiger partial charge is 0.223 e. The van der Waals surface area contributed by atoms with Crippen LogP contribution in [0.25, 0.3) is 5.69 Å². The normalized spacial score (nSPS) is 10.4. The standard InChI is InChI=1S/C12H13BrN4O/c1-8-4-10(6-14-5-8)17-7-11(12(13)15-17)16(3)9(2)18/h4-7H,1-3H3. The van der Waals surface area contributed by atoms with Gasteiger partial charge in [0.15, 0.2) is 4.60 Å². The summed E-state index contributed by atoms with van der Waals surface area (Å²) in [5.74, 6) is -0.0439. The number of rotatable bonds is 2. The van der Waals surface area contributed by atoms with Crippen molar-refractivity contribution in [2.45, 2.75) is 13.8 Å². The Hall–Kier alpha value is -1.69. The van der Waals surface area contributed by atoms with Crippen LogP contribution in [0.5, 0.6) is 0 Å². The molecule has 5 nitrogen and oxygen atoms in total. The lowest BCUT2D eigenvalue weighted by atomic mass is 10.3. The predicted molar refractivity (Wildman–Crippen MR) is 72.9 cm³/mol. The molecule has 0 atom stereocenters. The van der Waals surface area contributed by atoms with Gasteiger partial charge in [-0.3, -0.25) is 9.78 Å². The van der Waals surface area contributed by atoms with Crippen molar-refractivity contribution in [1.82, 2.24) is 14.8 Å². The van der Waals surface area contributed by atoms with E-state index in [-0.39, 0.29) is 5.91 Å². The number of carbonyl (C=O) groups excluding carboxylic acids is 1. The van der Waals surface area contributed by atoms with Gasteiger partial charge in [-0.1, -0.05) is 0 Å². The Bertz CT molecular complexity index is 594. The summed E-state index contributed by atoms with van der Waals surface area (Å²) in [6, 6.07) is 1.98. The van der Waals surface area contributed by atoms with E-state index in [2.05, 4.69) is 26.0 Å². The molecule has 2 aromatic heterocycles. The van der Waals surface area contributed by atoms with Gasteiger partial charge in [-0.2, -0.15) is 5.10 Å². The lowest BCUT2D eigenvalue weighted by Gasteiger charge is -2.11. The van der Waals surface area contributed by atoms with E-state index < -0.39 is 0 Å². The lowest BCUT2D eigenvalue weighted by molar-refractivity contribution is -0.116. The summed E-state index contributed by atoms with van der Waals surface area (Å²) >= 11 is 3.36. The number of anilines is 1.